The molecule has 6 heteroatoms. The number of likely N-dealkylation sites (tertiary alicyclic amines) is 1. The first-order chi connectivity index (χ1) is 8.84. The zero-order valence-corrected chi connectivity index (χ0v) is 11.6. The van der Waals surface area contributed by atoms with Crippen molar-refractivity contribution in [3.63, 3.8) is 0 Å². The highest BCUT2D eigenvalue weighted by molar-refractivity contribution is 6.35. The molecule has 1 aromatic carbocycles. The molecule has 5 nitrogen and oxygen atoms in total. The number of nitrogens with zero attached hydrogens (tertiary/aromatic N) is 2. The third-order valence-electron chi connectivity index (χ3n) is 3.55. The van der Waals surface area contributed by atoms with Gasteiger partial charge in [-0.15, -0.1) is 0 Å². The Balaban J connectivity index is 2.40. The molecule has 1 aliphatic heterocycles. The molecule has 1 fully saturated rings. The van der Waals surface area contributed by atoms with Gasteiger partial charge in [0, 0.05) is 18.2 Å². The lowest BCUT2D eigenvalue weighted by Gasteiger charge is -2.31. The molecule has 0 saturated carbocycles. The van der Waals surface area contributed by atoms with Gasteiger partial charge in [-0.2, -0.15) is 0 Å². The van der Waals surface area contributed by atoms with E-state index >= 15 is 0 Å². The Hall–Kier alpha value is -1.62. The quantitative estimate of drug-likeness (QED) is 0.618. The van der Waals surface area contributed by atoms with Crippen LogP contribution in [0.1, 0.15) is 37.0 Å². The number of halogens is 1. The largest absolute Gasteiger partial charge is 0.333 e. The van der Waals surface area contributed by atoms with Crippen LogP contribution in [0, 0.1) is 10.1 Å². The normalized spacial score (nSPS) is 17.5. The van der Waals surface area contributed by atoms with Crippen LogP contribution < -0.4 is 0 Å². The standard InChI is InChI=1S/C13H15ClN2O3/c1-13(2)7-4-8-15(13)12(17)9-5-3-6-10(11(9)14)16(18)19/h3,5-6H,4,7-8H2,1-2H3. The first-order valence-corrected chi connectivity index (χ1v) is 6.47. The van der Waals surface area contributed by atoms with Crippen molar-refractivity contribution in [1.82, 2.24) is 4.90 Å². The molecule has 0 unspecified atom stereocenters. The van der Waals surface area contributed by atoms with E-state index in [0.29, 0.717) is 6.54 Å². The van der Waals surface area contributed by atoms with Crippen molar-refractivity contribution in [1.29, 1.82) is 0 Å². The van der Waals surface area contributed by atoms with E-state index in [2.05, 4.69) is 0 Å². The number of benzene rings is 1. The molecule has 0 aromatic heterocycles. The van der Waals surface area contributed by atoms with Gasteiger partial charge in [-0.05, 0) is 32.8 Å². The van der Waals surface area contributed by atoms with Gasteiger partial charge in [0.1, 0.15) is 5.02 Å². The molecule has 1 amide bonds. The second-order valence-electron chi connectivity index (χ2n) is 5.27. The van der Waals surface area contributed by atoms with Crippen LogP contribution in [0.3, 0.4) is 0 Å². The summed E-state index contributed by atoms with van der Waals surface area (Å²) in [7, 11) is 0. The molecule has 0 spiro atoms. The number of nitro benzene ring substituents is 1. The summed E-state index contributed by atoms with van der Waals surface area (Å²) >= 11 is 5.98. The lowest BCUT2D eigenvalue weighted by Crippen LogP contribution is -2.42. The number of carbonyl (C=O) groups excluding carboxylic acids is 1. The van der Waals surface area contributed by atoms with Crippen LogP contribution >= 0.6 is 11.6 Å². The number of rotatable bonds is 2. The van der Waals surface area contributed by atoms with E-state index in [4.69, 9.17) is 11.6 Å². The molecule has 1 heterocycles. The molecule has 1 saturated heterocycles. The lowest BCUT2D eigenvalue weighted by molar-refractivity contribution is -0.384. The molecule has 0 aliphatic carbocycles. The second-order valence-corrected chi connectivity index (χ2v) is 5.65. The Morgan fingerprint density at radius 2 is 2.16 bits per heavy atom. The highest BCUT2D eigenvalue weighted by atomic mass is 35.5. The Morgan fingerprint density at radius 1 is 1.47 bits per heavy atom. The Bertz CT molecular complexity index is 543. The van der Waals surface area contributed by atoms with Crippen molar-refractivity contribution in [3.05, 3.63) is 38.9 Å². The average molecular weight is 283 g/mol. The van der Waals surface area contributed by atoms with E-state index in [-0.39, 0.29) is 27.7 Å². The predicted octanol–water partition coefficient (Wildman–Crippen LogP) is 3.26. The fourth-order valence-electron chi connectivity index (χ4n) is 2.46. The first kappa shape index (κ1) is 13.8. The third-order valence-corrected chi connectivity index (χ3v) is 3.95. The highest BCUT2D eigenvalue weighted by Gasteiger charge is 2.37. The fourth-order valence-corrected chi connectivity index (χ4v) is 2.73. The minimum atomic E-state index is -0.575. The van der Waals surface area contributed by atoms with Gasteiger partial charge in [0.15, 0.2) is 0 Å². The minimum absolute atomic E-state index is 0.0831. The van der Waals surface area contributed by atoms with E-state index in [1.54, 1.807) is 4.90 Å². The zero-order chi connectivity index (χ0) is 14.2. The minimum Gasteiger partial charge on any atom is -0.333 e. The Kier molecular flexibility index (Phi) is 3.49. The molecule has 102 valence electrons. The summed E-state index contributed by atoms with van der Waals surface area (Å²) in [6, 6.07) is 4.32. The van der Waals surface area contributed by atoms with Crippen LogP contribution in [-0.2, 0) is 0 Å². The van der Waals surface area contributed by atoms with E-state index in [1.807, 2.05) is 13.8 Å². The average Bonchev–Trinajstić information content (AvgIpc) is 2.68. The van der Waals surface area contributed by atoms with Crippen LogP contribution in [0.15, 0.2) is 18.2 Å². The van der Waals surface area contributed by atoms with Crippen molar-refractivity contribution in [2.45, 2.75) is 32.2 Å². The molecule has 19 heavy (non-hydrogen) atoms. The molecular weight excluding hydrogens is 268 g/mol. The fraction of sp³-hybridized carbons (Fsp3) is 0.462. The van der Waals surface area contributed by atoms with Gasteiger partial charge in [-0.25, -0.2) is 0 Å². The van der Waals surface area contributed by atoms with Crippen molar-refractivity contribution >= 4 is 23.2 Å². The summed E-state index contributed by atoms with van der Waals surface area (Å²) in [6.07, 6.45) is 1.86. The van der Waals surface area contributed by atoms with Gasteiger partial charge in [-0.1, -0.05) is 17.7 Å². The second kappa shape index (κ2) is 4.81. The van der Waals surface area contributed by atoms with E-state index in [1.165, 1.54) is 18.2 Å². The number of hydrogen-bond donors (Lipinski definition) is 0. The summed E-state index contributed by atoms with van der Waals surface area (Å²) in [5.41, 5.74) is -0.263. The van der Waals surface area contributed by atoms with Gasteiger partial charge in [-0.3, -0.25) is 14.9 Å². The van der Waals surface area contributed by atoms with E-state index in [0.717, 1.165) is 12.8 Å². The van der Waals surface area contributed by atoms with Gasteiger partial charge >= 0.3 is 0 Å². The molecule has 0 atom stereocenters. The third kappa shape index (κ3) is 2.42. The zero-order valence-electron chi connectivity index (χ0n) is 10.9. The molecule has 0 N–H and O–H groups in total. The van der Waals surface area contributed by atoms with Crippen LogP contribution in [0.5, 0.6) is 0 Å². The molecular formula is C13H15ClN2O3. The Labute approximate surface area is 116 Å². The smallest absolute Gasteiger partial charge is 0.288 e. The van der Waals surface area contributed by atoms with Gasteiger partial charge in [0.05, 0.1) is 10.5 Å². The summed E-state index contributed by atoms with van der Waals surface area (Å²) in [6.45, 7) is 4.64. The van der Waals surface area contributed by atoms with Gasteiger partial charge < -0.3 is 4.90 Å². The number of amides is 1. The number of nitro groups is 1. The van der Waals surface area contributed by atoms with Crippen molar-refractivity contribution < 1.29 is 9.72 Å². The maximum atomic E-state index is 12.5. The van der Waals surface area contributed by atoms with Gasteiger partial charge in [0.2, 0.25) is 0 Å². The van der Waals surface area contributed by atoms with Crippen molar-refractivity contribution in [2.24, 2.45) is 0 Å². The highest BCUT2D eigenvalue weighted by Crippen LogP contribution is 2.33. The van der Waals surface area contributed by atoms with Crippen molar-refractivity contribution in [2.75, 3.05) is 6.54 Å². The van der Waals surface area contributed by atoms with Crippen molar-refractivity contribution in [3.8, 4) is 0 Å². The molecule has 1 aliphatic rings. The van der Waals surface area contributed by atoms with Crippen LogP contribution in [0.25, 0.3) is 0 Å². The van der Waals surface area contributed by atoms with Crippen LogP contribution in [-0.4, -0.2) is 27.8 Å². The molecule has 0 bridgehead atoms. The molecule has 1 aromatic rings. The topological polar surface area (TPSA) is 63.5 Å². The van der Waals surface area contributed by atoms with E-state index < -0.39 is 4.92 Å². The summed E-state index contributed by atoms with van der Waals surface area (Å²) in [5, 5.41) is 10.8. The number of hydrogen-bond acceptors (Lipinski definition) is 3. The predicted molar refractivity (Wildman–Crippen MR) is 72.5 cm³/mol. The van der Waals surface area contributed by atoms with E-state index in [9.17, 15) is 14.9 Å². The Morgan fingerprint density at radius 3 is 2.68 bits per heavy atom. The van der Waals surface area contributed by atoms with Gasteiger partial charge in [0.25, 0.3) is 11.6 Å². The number of carbonyl (C=O) groups is 1. The summed E-state index contributed by atoms with van der Waals surface area (Å²) in [5.74, 6) is -0.240. The summed E-state index contributed by atoms with van der Waals surface area (Å²) in [4.78, 5) is 24.5. The van der Waals surface area contributed by atoms with Crippen LogP contribution in [0.4, 0.5) is 5.69 Å². The summed E-state index contributed by atoms with van der Waals surface area (Å²) < 4.78 is 0. The maximum absolute atomic E-state index is 12.5. The molecule has 2 rings (SSSR count). The molecule has 0 radical (unpaired) electrons. The first-order valence-electron chi connectivity index (χ1n) is 6.09. The van der Waals surface area contributed by atoms with Crippen LogP contribution in [0.2, 0.25) is 5.02 Å². The SMILES string of the molecule is CC1(C)CCCN1C(=O)c1cccc([N+](=O)[O-])c1Cl. The maximum Gasteiger partial charge on any atom is 0.288 e. The lowest BCUT2D eigenvalue weighted by atomic mass is 10.0. The monoisotopic (exact) mass is 282 g/mol.